The second-order valence-electron chi connectivity index (χ2n) is 6.46. The first-order chi connectivity index (χ1) is 12.7. The minimum absolute atomic E-state index is 0.0109. The zero-order valence-electron chi connectivity index (χ0n) is 15.1. The van der Waals surface area contributed by atoms with Crippen molar-refractivity contribution in [1.29, 1.82) is 0 Å². The molecule has 0 saturated carbocycles. The van der Waals surface area contributed by atoms with E-state index in [9.17, 15) is 9.59 Å². The van der Waals surface area contributed by atoms with Crippen LogP contribution in [0.2, 0.25) is 0 Å². The number of benzene rings is 1. The number of nitrogens with zero attached hydrogens (tertiary/aromatic N) is 2. The zero-order chi connectivity index (χ0) is 18.4. The number of likely N-dealkylation sites (N-methyl/N-ethyl adjacent to an activating group) is 1. The van der Waals surface area contributed by atoms with E-state index < -0.39 is 0 Å². The van der Waals surface area contributed by atoms with Gasteiger partial charge in [-0.05, 0) is 12.1 Å². The molecule has 26 heavy (non-hydrogen) atoms. The number of furan rings is 1. The van der Waals surface area contributed by atoms with Crippen LogP contribution < -0.4 is 5.32 Å². The van der Waals surface area contributed by atoms with Crippen LogP contribution in [0.5, 0.6) is 0 Å². The zero-order valence-corrected chi connectivity index (χ0v) is 15.1. The molecule has 1 aliphatic rings. The summed E-state index contributed by atoms with van der Waals surface area (Å²) in [5, 5.41) is 2.63. The average Bonchev–Trinajstić information content (AvgIpc) is 3.16. The van der Waals surface area contributed by atoms with Crippen LogP contribution in [0.3, 0.4) is 0 Å². The van der Waals surface area contributed by atoms with E-state index in [1.165, 1.54) is 0 Å². The fraction of sp³-hybridized carbons (Fsp3) is 0.400. The van der Waals surface area contributed by atoms with Crippen LogP contribution in [-0.4, -0.2) is 61.4 Å². The van der Waals surface area contributed by atoms with Gasteiger partial charge in [-0.2, -0.15) is 0 Å². The molecular formula is C20H25N3O3. The highest BCUT2D eigenvalue weighted by atomic mass is 16.3. The molecule has 138 valence electrons. The number of rotatable bonds is 6. The van der Waals surface area contributed by atoms with Gasteiger partial charge in [-0.25, -0.2) is 0 Å². The third kappa shape index (κ3) is 4.73. The quantitative estimate of drug-likeness (QED) is 0.858. The number of piperazine rings is 1. The molecule has 0 bridgehead atoms. The highest BCUT2D eigenvalue weighted by molar-refractivity contribution is 5.78. The number of carbonyl (C=O) groups is 2. The fourth-order valence-corrected chi connectivity index (χ4v) is 3.10. The second-order valence-corrected chi connectivity index (χ2v) is 6.46. The first kappa shape index (κ1) is 18.2. The lowest BCUT2D eigenvalue weighted by Crippen LogP contribution is -2.50. The van der Waals surface area contributed by atoms with Crippen molar-refractivity contribution in [1.82, 2.24) is 15.1 Å². The molecule has 1 N–H and O–H groups in total. The normalized spacial score (nSPS) is 15.0. The van der Waals surface area contributed by atoms with Gasteiger partial charge in [0.25, 0.3) is 0 Å². The maximum atomic E-state index is 12.4. The van der Waals surface area contributed by atoms with Crippen LogP contribution in [0, 0.1) is 0 Å². The molecule has 0 radical (unpaired) electrons. The third-order valence-electron chi connectivity index (χ3n) is 4.68. The largest absolute Gasteiger partial charge is 0.461 e. The van der Waals surface area contributed by atoms with Gasteiger partial charge in [-0.1, -0.05) is 30.3 Å². The predicted molar refractivity (Wildman–Crippen MR) is 99.6 cm³/mol. The smallest absolute Gasteiger partial charge is 0.233 e. The van der Waals surface area contributed by atoms with Crippen molar-refractivity contribution in [3.05, 3.63) is 48.2 Å². The van der Waals surface area contributed by atoms with Crippen molar-refractivity contribution in [2.75, 3.05) is 39.8 Å². The Balaban J connectivity index is 1.45. The summed E-state index contributed by atoms with van der Waals surface area (Å²) in [6.07, 6.45) is 1.04. The Morgan fingerprint density at radius 1 is 1.04 bits per heavy atom. The molecule has 3 rings (SSSR count). The molecule has 1 aliphatic heterocycles. The Morgan fingerprint density at radius 2 is 1.77 bits per heavy atom. The van der Waals surface area contributed by atoms with Crippen LogP contribution in [0.25, 0.3) is 11.3 Å². The lowest BCUT2D eigenvalue weighted by molar-refractivity contribution is -0.133. The first-order valence-electron chi connectivity index (χ1n) is 9.00. The van der Waals surface area contributed by atoms with E-state index in [0.29, 0.717) is 32.5 Å². The van der Waals surface area contributed by atoms with E-state index in [4.69, 9.17) is 4.42 Å². The molecule has 1 saturated heterocycles. The van der Waals surface area contributed by atoms with Gasteiger partial charge in [0.2, 0.25) is 11.8 Å². The van der Waals surface area contributed by atoms with Crippen molar-refractivity contribution in [2.24, 2.45) is 0 Å². The van der Waals surface area contributed by atoms with Crippen molar-refractivity contribution in [3.8, 4) is 11.3 Å². The summed E-state index contributed by atoms with van der Waals surface area (Å²) in [7, 11) is 1.64. The van der Waals surface area contributed by atoms with Gasteiger partial charge in [0.15, 0.2) is 0 Å². The molecule has 2 amide bonds. The number of nitrogens with one attached hydrogen (secondary N) is 1. The third-order valence-corrected chi connectivity index (χ3v) is 4.68. The van der Waals surface area contributed by atoms with Crippen LogP contribution in [-0.2, 0) is 16.0 Å². The average molecular weight is 355 g/mol. The van der Waals surface area contributed by atoms with E-state index in [-0.39, 0.29) is 11.8 Å². The van der Waals surface area contributed by atoms with Crippen molar-refractivity contribution >= 4 is 11.8 Å². The molecule has 0 aliphatic carbocycles. The fourth-order valence-electron chi connectivity index (χ4n) is 3.10. The highest BCUT2D eigenvalue weighted by Gasteiger charge is 2.22. The van der Waals surface area contributed by atoms with Crippen LogP contribution in [0.1, 0.15) is 12.2 Å². The molecule has 1 fully saturated rings. The molecule has 1 aromatic carbocycles. The summed E-state index contributed by atoms with van der Waals surface area (Å²) in [5.74, 6) is 1.81. The molecule has 0 unspecified atom stereocenters. The summed E-state index contributed by atoms with van der Waals surface area (Å²) in [6, 6.07) is 13.8. The number of aryl methyl sites for hydroxylation is 1. The maximum Gasteiger partial charge on any atom is 0.233 e. The highest BCUT2D eigenvalue weighted by Crippen LogP contribution is 2.22. The van der Waals surface area contributed by atoms with Crippen molar-refractivity contribution in [2.45, 2.75) is 12.8 Å². The molecule has 2 aromatic rings. The standard InChI is InChI=1S/C20H25N3O3/c1-21-19(24)15-22-11-13-23(14-12-22)20(25)10-8-17-7-9-18(26-17)16-5-3-2-4-6-16/h2-7,9H,8,10-15H2,1H3,(H,21,24). The van der Waals surface area contributed by atoms with Gasteiger partial charge in [0.05, 0.1) is 6.54 Å². The minimum Gasteiger partial charge on any atom is -0.461 e. The Morgan fingerprint density at radius 3 is 2.46 bits per heavy atom. The first-order valence-corrected chi connectivity index (χ1v) is 9.00. The number of hydrogen-bond donors (Lipinski definition) is 1. The number of carbonyl (C=O) groups excluding carboxylic acids is 2. The summed E-state index contributed by atoms with van der Waals surface area (Å²) < 4.78 is 5.86. The summed E-state index contributed by atoms with van der Waals surface area (Å²) in [5.41, 5.74) is 1.04. The Hall–Kier alpha value is -2.60. The van der Waals surface area contributed by atoms with E-state index in [1.54, 1.807) is 7.05 Å². The minimum atomic E-state index is 0.0109. The van der Waals surface area contributed by atoms with Crippen LogP contribution >= 0.6 is 0 Å². The Labute approximate surface area is 153 Å². The van der Waals surface area contributed by atoms with Gasteiger partial charge in [0, 0.05) is 51.6 Å². The predicted octanol–water partition coefficient (Wildman–Crippen LogP) is 1.77. The molecular weight excluding hydrogens is 330 g/mol. The van der Waals surface area contributed by atoms with E-state index in [1.807, 2.05) is 47.4 Å². The molecule has 6 nitrogen and oxygen atoms in total. The van der Waals surface area contributed by atoms with E-state index in [2.05, 4.69) is 10.2 Å². The lowest BCUT2D eigenvalue weighted by Gasteiger charge is -2.34. The number of amides is 2. The summed E-state index contributed by atoms with van der Waals surface area (Å²) in [4.78, 5) is 27.8. The second kappa shape index (κ2) is 8.67. The monoisotopic (exact) mass is 355 g/mol. The molecule has 0 atom stereocenters. The summed E-state index contributed by atoms with van der Waals surface area (Å²) >= 11 is 0. The Bertz CT molecular complexity index is 734. The van der Waals surface area contributed by atoms with Gasteiger partial charge < -0.3 is 14.6 Å². The van der Waals surface area contributed by atoms with Crippen LogP contribution in [0.4, 0.5) is 0 Å². The van der Waals surface area contributed by atoms with Gasteiger partial charge in [-0.15, -0.1) is 0 Å². The van der Waals surface area contributed by atoms with Crippen molar-refractivity contribution in [3.63, 3.8) is 0 Å². The van der Waals surface area contributed by atoms with E-state index in [0.717, 1.165) is 30.2 Å². The van der Waals surface area contributed by atoms with Gasteiger partial charge >= 0.3 is 0 Å². The van der Waals surface area contributed by atoms with Gasteiger partial charge in [0.1, 0.15) is 11.5 Å². The van der Waals surface area contributed by atoms with Crippen LogP contribution in [0.15, 0.2) is 46.9 Å². The Kier molecular flexibility index (Phi) is 6.07. The topological polar surface area (TPSA) is 65.8 Å². The van der Waals surface area contributed by atoms with E-state index >= 15 is 0 Å². The molecule has 2 heterocycles. The SMILES string of the molecule is CNC(=O)CN1CCN(C(=O)CCc2ccc(-c3ccccc3)o2)CC1. The molecule has 6 heteroatoms. The van der Waals surface area contributed by atoms with Crippen molar-refractivity contribution < 1.29 is 14.0 Å². The summed E-state index contributed by atoms with van der Waals surface area (Å²) in [6.45, 7) is 3.20. The maximum absolute atomic E-state index is 12.4. The molecule has 0 spiro atoms. The lowest BCUT2D eigenvalue weighted by atomic mass is 10.2. The number of hydrogen-bond acceptors (Lipinski definition) is 4. The van der Waals surface area contributed by atoms with Gasteiger partial charge in [-0.3, -0.25) is 14.5 Å². The molecule has 1 aromatic heterocycles.